The molecule has 2 aliphatic heterocycles. The van der Waals surface area contributed by atoms with Crippen LogP contribution in [0.1, 0.15) is 33.6 Å². The molecule has 5 N–H and O–H groups in total. The maximum absolute atomic E-state index is 6.31. The summed E-state index contributed by atoms with van der Waals surface area (Å²) in [4.78, 5) is 12.3. The van der Waals surface area contributed by atoms with Crippen molar-refractivity contribution in [1.29, 1.82) is 0 Å². The van der Waals surface area contributed by atoms with E-state index in [2.05, 4.69) is 40.4 Å². The molecule has 2 aliphatic rings. The van der Waals surface area contributed by atoms with Gasteiger partial charge in [0.15, 0.2) is 5.82 Å². The lowest BCUT2D eigenvalue weighted by Crippen LogP contribution is -2.50. The predicted molar refractivity (Wildman–Crippen MR) is 135 cm³/mol. The third kappa shape index (κ3) is 5.22. The molecule has 2 aromatic rings. The summed E-state index contributed by atoms with van der Waals surface area (Å²) >= 11 is 9.48. The van der Waals surface area contributed by atoms with E-state index < -0.39 is 0 Å². The van der Waals surface area contributed by atoms with Gasteiger partial charge in [-0.1, -0.05) is 41.4 Å². The van der Waals surface area contributed by atoms with Gasteiger partial charge in [0, 0.05) is 34.2 Å². The van der Waals surface area contributed by atoms with Gasteiger partial charge < -0.3 is 21.1 Å². The van der Waals surface area contributed by atoms with Gasteiger partial charge in [-0.25, -0.2) is 9.97 Å². The Morgan fingerprint density at radius 2 is 2.00 bits per heavy atom. The van der Waals surface area contributed by atoms with E-state index >= 15 is 0 Å². The van der Waals surface area contributed by atoms with Crippen molar-refractivity contribution in [3.05, 3.63) is 29.4 Å². The van der Waals surface area contributed by atoms with E-state index in [4.69, 9.17) is 27.8 Å². The minimum atomic E-state index is 0.174. The number of piperidine rings is 1. The van der Waals surface area contributed by atoms with E-state index in [9.17, 15) is 0 Å². The van der Waals surface area contributed by atoms with Crippen LogP contribution in [0.25, 0.3) is 0 Å². The highest BCUT2D eigenvalue weighted by atomic mass is 35.5. The van der Waals surface area contributed by atoms with E-state index in [1.807, 2.05) is 12.1 Å². The van der Waals surface area contributed by atoms with E-state index in [1.165, 1.54) is 11.8 Å². The van der Waals surface area contributed by atoms with E-state index in [0.717, 1.165) is 49.9 Å². The van der Waals surface area contributed by atoms with E-state index in [1.54, 1.807) is 24.2 Å². The largest absolute Gasteiger partial charge is 0.397 e. The number of hydrogen-bond donors (Lipinski definition) is 3. The number of aromatic nitrogens is 2. The van der Waals surface area contributed by atoms with E-state index in [-0.39, 0.29) is 10.2 Å². The first-order valence-electron chi connectivity index (χ1n) is 10.8. The molecule has 0 bridgehead atoms. The molecular weight excluding hydrogens is 464 g/mol. The molecule has 1 unspecified atom stereocenters. The second kappa shape index (κ2) is 9.46. The Balaban J connectivity index is 1.40. The molecule has 1 spiro atoms. The fourth-order valence-corrected chi connectivity index (χ4v) is 5.94. The molecule has 0 radical (unpaired) electrons. The average molecular weight is 495 g/mol. The first kappa shape index (κ1) is 23.8. The van der Waals surface area contributed by atoms with Crippen LogP contribution >= 0.6 is 35.3 Å². The minimum absolute atomic E-state index is 0.174. The molecule has 2 fully saturated rings. The fraction of sp³-hybridized carbons (Fsp3) is 0.545. The molecule has 0 saturated carbocycles. The van der Waals surface area contributed by atoms with Crippen LogP contribution in [0.3, 0.4) is 0 Å². The first-order valence-corrected chi connectivity index (χ1v) is 12.8. The zero-order valence-corrected chi connectivity index (χ0v) is 21.1. The van der Waals surface area contributed by atoms with Gasteiger partial charge in [0.1, 0.15) is 10.8 Å². The second-order valence-corrected chi connectivity index (χ2v) is 12.5. The number of hydrogen-bond acceptors (Lipinski definition) is 9. The second-order valence-electron chi connectivity index (χ2n) is 9.43. The van der Waals surface area contributed by atoms with Crippen LogP contribution < -0.4 is 21.1 Å². The third-order valence-corrected chi connectivity index (χ3v) is 8.57. The molecule has 3 heterocycles. The Kier molecular flexibility index (Phi) is 7.03. The number of ether oxygens (including phenoxy) is 1. The summed E-state index contributed by atoms with van der Waals surface area (Å²) in [6.45, 7) is 10.1. The highest BCUT2D eigenvalue weighted by molar-refractivity contribution is 7.99. The molecule has 0 aliphatic carbocycles. The molecule has 174 valence electrons. The Hall–Kier alpha value is -1.39. The van der Waals surface area contributed by atoms with Gasteiger partial charge >= 0.3 is 0 Å². The summed E-state index contributed by atoms with van der Waals surface area (Å²) < 4.78 is 9.76. The van der Waals surface area contributed by atoms with Crippen molar-refractivity contribution in [2.45, 2.75) is 54.3 Å². The van der Waals surface area contributed by atoms with Crippen LogP contribution in [0.4, 0.5) is 17.3 Å². The van der Waals surface area contributed by atoms with Crippen LogP contribution in [0, 0.1) is 5.41 Å². The molecule has 10 heteroatoms. The van der Waals surface area contributed by atoms with E-state index in [0.29, 0.717) is 27.6 Å². The number of nitrogens with zero attached hydrogens (tertiary/aromatic N) is 3. The Labute approximate surface area is 203 Å². The summed E-state index contributed by atoms with van der Waals surface area (Å²) in [5.74, 6) is 1.21. The fourth-order valence-electron chi connectivity index (χ4n) is 4.06. The molecule has 32 heavy (non-hydrogen) atoms. The lowest BCUT2D eigenvalue weighted by Gasteiger charge is -2.42. The van der Waals surface area contributed by atoms with Gasteiger partial charge in [0.05, 0.1) is 30.1 Å². The lowest BCUT2D eigenvalue weighted by atomic mass is 9.75. The van der Waals surface area contributed by atoms with Crippen molar-refractivity contribution >= 4 is 52.6 Å². The summed E-state index contributed by atoms with van der Waals surface area (Å²) in [6.07, 6.45) is 3.89. The van der Waals surface area contributed by atoms with Crippen molar-refractivity contribution in [1.82, 2.24) is 14.7 Å². The standard InChI is InChI=1S/C22H31ClN6OS2/c1-21(2,3)32-28-16-12-30-13-22(16)7-9-29(10-8-22)17-11-26-20(19(25)27-17)31-15-6-4-5-14(24)18(15)23/h4-6,11,16,28H,7-10,12-13,24H2,1-3H3,(H2,25,27). The van der Waals surface area contributed by atoms with Crippen molar-refractivity contribution in [2.24, 2.45) is 5.41 Å². The van der Waals surface area contributed by atoms with Crippen LogP contribution in [0.5, 0.6) is 0 Å². The smallest absolute Gasteiger partial charge is 0.158 e. The number of rotatable bonds is 5. The minimum Gasteiger partial charge on any atom is -0.397 e. The summed E-state index contributed by atoms with van der Waals surface area (Å²) in [5, 5.41) is 1.14. The van der Waals surface area contributed by atoms with Gasteiger partial charge in [-0.15, -0.1) is 0 Å². The summed E-state index contributed by atoms with van der Waals surface area (Å²) in [6, 6.07) is 5.89. The summed E-state index contributed by atoms with van der Waals surface area (Å²) in [5.41, 5.74) is 12.9. The third-order valence-electron chi connectivity index (χ3n) is 5.96. The molecule has 1 aromatic heterocycles. The number of nitrogen functional groups attached to an aromatic ring is 2. The van der Waals surface area contributed by atoms with Crippen molar-refractivity contribution < 1.29 is 4.74 Å². The van der Waals surface area contributed by atoms with Crippen LogP contribution in [0.15, 0.2) is 34.3 Å². The quantitative estimate of drug-likeness (QED) is 0.410. The molecule has 4 rings (SSSR count). The first-order chi connectivity index (χ1) is 15.2. The van der Waals surface area contributed by atoms with Crippen LogP contribution in [0.2, 0.25) is 5.02 Å². The Morgan fingerprint density at radius 1 is 1.25 bits per heavy atom. The van der Waals surface area contributed by atoms with Gasteiger partial charge in [0.2, 0.25) is 0 Å². The maximum Gasteiger partial charge on any atom is 0.158 e. The normalized spacial score (nSPS) is 20.8. The molecule has 2 saturated heterocycles. The Morgan fingerprint density at radius 3 is 2.69 bits per heavy atom. The molecule has 1 aromatic carbocycles. The molecule has 0 amide bonds. The number of halogens is 1. The highest BCUT2D eigenvalue weighted by Crippen LogP contribution is 2.42. The predicted octanol–water partition coefficient (Wildman–Crippen LogP) is 4.47. The number of nitrogens with two attached hydrogens (primary N) is 2. The maximum atomic E-state index is 6.31. The molecule has 1 atom stereocenters. The monoisotopic (exact) mass is 494 g/mol. The molecule has 7 nitrogen and oxygen atoms in total. The van der Waals surface area contributed by atoms with Crippen molar-refractivity contribution in [3.8, 4) is 0 Å². The van der Waals surface area contributed by atoms with Gasteiger partial charge in [-0.2, -0.15) is 0 Å². The highest BCUT2D eigenvalue weighted by Gasteiger charge is 2.46. The number of anilines is 3. The lowest BCUT2D eigenvalue weighted by molar-refractivity contribution is 0.131. The van der Waals surface area contributed by atoms with Gasteiger partial charge in [-0.05, 0) is 45.7 Å². The van der Waals surface area contributed by atoms with Crippen molar-refractivity contribution in [3.63, 3.8) is 0 Å². The summed E-state index contributed by atoms with van der Waals surface area (Å²) in [7, 11) is 0. The zero-order valence-electron chi connectivity index (χ0n) is 18.7. The topological polar surface area (TPSA) is 102 Å². The number of nitrogens with one attached hydrogen (secondary N) is 1. The van der Waals surface area contributed by atoms with Crippen LogP contribution in [-0.2, 0) is 4.74 Å². The van der Waals surface area contributed by atoms with Crippen LogP contribution in [-0.4, -0.2) is 47.1 Å². The van der Waals surface area contributed by atoms with Gasteiger partial charge in [0.25, 0.3) is 0 Å². The van der Waals surface area contributed by atoms with Gasteiger partial charge in [-0.3, -0.25) is 4.72 Å². The van der Waals surface area contributed by atoms with Crippen molar-refractivity contribution in [2.75, 3.05) is 42.7 Å². The zero-order chi connectivity index (χ0) is 22.9. The Bertz CT molecular complexity index is 962. The number of benzene rings is 1. The molecular formula is C22H31ClN6OS2. The average Bonchev–Trinajstić information content (AvgIpc) is 3.13. The SMILES string of the molecule is CC(C)(C)SNC1COCC12CCN(c1cnc(Sc3cccc(N)c3Cl)c(N)n1)CC2.